The van der Waals surface area contributed by atoms with E-state index in [0.717, 1.165) is 6.54 Å². The van der Waals surface area contributed by atoms with Gasteiger partial charge in [-0.25, -0.2) is 0 Å². The van der Waals surface area contributed by atoms with Crippen molar-refractivity contribution in [1.82, 2.24) is 4.90 Å². The van der Waals surface area contributed by atoms with Gasteiger partial charge in [-0.2, -0.15) is 0 Å². The molecule has 0 amide bonds. The van der Waals surface area contributed by atoms with Crippen LogP contribution in [0.5, 0.6) is 0 Å². The SMILES string of the molecule is CC1=CC(C)(C)CN(C(C)(C)C)C1. The van der Waals surface area contributed by atoms with E-state index in [4.69, 9.17) is 0 Å². The molecule has 0 saturated heterocycles. The first-order valence-electron chi connectivity index (χ1n) is 5.14. The second-order valence-electron chi connectivity index (χ2n) is 6.01. The fourth-order valence-electron chi connectivity index (χ4n) is 2.08. The molecule has 0 fully saturated rings. The van der Waals surface area contributed by atoms with Crippen LogP contribution in [0.3, 0.4) is 0 Å². The molecule has 76 valence electrons. The largest absolute Gasteiger partial charge is 0.294 e. The minimum absolute atomic E-state index is 0.298. The van der Waals surface area contributed by atoms with Gasteiger partial charge in [0.1, 0.15) is 0 Å². The van der Waals surface area contributed by atoms with Crippen molar-refractivity contribution >= 4 is 0 Å². The van der Waals surface area contributed by atoms with E-state index in [1.54, 1.807) is 0 Å². The maximum absolute atomic E-state index is 2.56. The monoisotopic (exact) mass is 181 g/mol. The van der Waals surface area contributed by atoms with Gasteiger partial charge >= 0.3 is 0 Å². The Hall–Kier alpha value is -0.300. The number of nitrogens with zero attached hydrogens (tertiary/aromatic N) is 1. The molecule has 1 nitrogen and oxygen atoms in total. The number of hydrogen-bond acceptors (Lipinski definition) is 1. The lowest BCUT2D eigenvalue weighted by Crippen LogP contribution is -2.49. The van der Waals surface area contributed by atoms with Crippen molar-refractivity contribution in [3.05, 3.63) is 11.6 Å². The maximum Gasteiger partial charge on any atom is 0.0195 e. The third-order valence-corrected chi connectivity index (χ3v) is 2.62. The molecule has 1 aliphatic rings. The summed E-state index contributed by atoms with van der Waals surface area (Å²) in [7, 11) is 0. The van der Waals surface area contributed by atoms with E-state index in [0.29, 0.717) is 11.0 Å². The van der Waals surface area contributed by atoms with E-state index < -0.39 is 0 Å². The first kappa shape index (κ1) is 10.8. The summed E-state index contributed by atoms with van der Waals surface area (Å²) in [6.07, 6.45) is 2.41. The first-order chi connectivity index (χ1) is 5.71. The van der Waals surface area contributed by atoms with Crippen molar-refractivity contribution in [2.24, 2.45) is 5.41 Å². The second kappa shape index (κ2) is 3.13. The Bertz CT molecular complexity index is 218. The molecule has 0 spiro atoms. The highest BCUT2D eigenvalue weighted by atomic mass is 15.2. The van der Waals surface area contributed by atoms with Gasteiger partial charge in [0.25, 0.3) is 0 Å². The molecule has 13 heavy (non-hydrogen) atoms. The molecule has 0 aromatic heterocycles. The maximum atomic E-state index is 2.56. The molecule has 0 bridgehead atoms. The lowest BCUT2D eigenvalue weighted by Gasteiger charge is -2.43. The molecule has 0 N–H and O–H groups in total. The number of hydrogen-bond donors (Lipinski definition) is 0. The summed E-state index contributed by atoms with van der Waals surface area (Å²) in [5, 5.41) is 0. The van der Waals surface area contributed by atoms with Gasteiger partial charge in [-0.15, -0.1) is 0 Å². The average Bonchev–Trinajstić information content (AvgIpc) is 1.79. The van der Waals surface area contributed by atoms with Crippen molar-refractivity contribution in [3.8, 4) is 0 Å². The van der Waals surface area contributed by atoms with Crippen LogP contribution < -0.4 is 0 Å². The van der Waals surface area contributed by atoms with Crippen LogP contribution in [0.4, 0.5) is 0 Å². The van der Waals surface area contributed by atoms with Gasteiger partial charge < -0.3 is 0 Å². The first-order valence-corrected chi connectivity index (χ1v) is 5.14. The van der Waals surface area contributed by atoms with Gasteiger partial charge in [-0.05, 0) is 33.1 Å². The molecule has 1 rings (SSSR count). The van der Waals surface area contributed by atoms with Crippen molar-refractivity contribution < 1.29 is 0 Å². The zero-order chi connectivity index (χ0) is 10.3. The van der Waals surface area contributed by atoms with Crippen molar-refractivity contribution in [2.45, 2.75) is 47.1 Å². The van der Waals surface area contributed by atoms with Gasteiger partial charge in [0.2, 0.25) is 0 Å². The Morgan fingerprint density at radius 3 is 2.23 bits per heavy atom. The Balaban J connectivity index is 2.82. The molecule has 0 aliphatic carbocycles. The Morgan fingerprint density at radius 1 is 1.31 bits per heavy atom. The van der Waals surface area contributed by atoms with Crippen molar-refractivity contribution in [1.29, 1.82) is 0 Å². The molecule has 0 atom stereocenters. The minimum atomic E-state index is 0.298. The Morgan fingerprint density at radius 2 is 1.85 bits per heavy atom. The van der Waals surface area contributed by atoms with Gasteiger partial charge in [-0.3, -0.25) is 4.90 Å². The molecule has 0 saturated carbocycles. The van der Waals surface area contributed by atoms with E-state index in [1.807, 2.05) is 0 Å². The Kier molecular flexibility index (Phi) is 2.59. The fraction of sp³-hybridized carbons (Fsp3) is 0.833. The van der Waals surface area contributed by atoms with E-state index in [2.05, 4.69) is 52.5 Å². The van der Waals surface area contributed by atoms with Crippen LogP contribution in [-0.2, 0) is 0 Å². The third kappa shape index (κ3) is 2.84. The molecule has 1 aliphatic heterocycles. The predicted molar refractivity (Wildman–Crippen MR) is 58.9 cm³/mol. The van der Waals surface area contributed by atoms with Crippen molar-refractivity contribution in [2.75, 3.05) is 13.1 Å². The summed E-state index contributed by atoms with van der Waals surface area (Å²) >= 11 is 0. The predicted octanol–water partition coefficient (Wildman–Crippen LogP) is 3.07. The molecule has 0 aromatic carbocycles. The zero-order valence-electron chi connectivity index (χ0n) is 9.94. The molecule has 1 heteroatoms. The van der Waals surface area contributed by atoms with Crippen LogP contribution in [0.25, 0.3) is 0 Å². The molecule has 0 unspecified atom stereocenters. The lowest BCUT2D eigenvalue weighted by molar-refractivity contribution is 0.101. The highest BCUT2D eigenvalue weighted by Gasteiger charge is 2.30. The van der Waals surface area contributed by atoms with E-state index >= 15 is 0 Å². The molecule has 1 heterocycles. The summed E-state index contributed by atoms with van der Waals surface area (Å²) in [5.41, 5.74) is 2.15. The van der Waals surface area contributed by atoms with Crippen molar-refractivity contribution in [3.63, 3.8) is 0 Å². The quantitative estimate of drug-likeness (QED) is 0.519. The third-order valence-electron chi connectivity index (χ3n) is 2.62. The van der Waals surface area contributed by atoms with E-state index in [9.17, 15) is 0 Å². The van der Waals surface area contributed by atoms with Gasteiger partial charge in [-0.1, -0.05) is 25.5 Å². The van der Waals surface area contributed by atoms with Crippen LogP contribution in [0, 0.1) is 5.41 Å². The lowest BCUT2D eigenvalue weighted by atomic mass is 9.85. The van der Waals surface area contributed by atoms with Gasteiger partial charge in [0.15, 0.2) is 0 Å². The summed E-state index contributed by atoms with van der Waals surface area (Å²) in [6.45, 7) is 16.0. The highest BCUT2D eigenvalue weighted by Crippen LogP contribution is 2.30. The van der Waals surface area contributed by atoms with E-state index in [1.165, 1.54) is 12.1 Å². The summed E-state index contributed by atoms with van der Waals surface area (Å²) < 4.78 is 0. The molecular formula is C12H23N. The van der Waals surface area contributed by atoms with Crippen LogP contribution in [-0.4, -0.2) is 23.5 Å². The summed E-state index contributed by atoms with van der Waals surface area (Å²) in [5.74, 6) is 0. The molecule has 0 aromatic rings. The Labute approximate surface area is 82.8 Å². The summed E-state index contributed by atoms with van der Waals surface area (Å²) in [6, 6.07) is 0. The standard InChI is InChI=1S/C12H23N/c1-10-7-12(5,6)9-13(8-10)11(2,3)4/h7H,8-9H2,1-6H3. The van der Waals surface area contributed by atoms with Crippen LogP contribution >= 0.6 is 0 Å². The highest BCUT2D eigenvalue weighted by molar-refractivity contribution is 5.13. The normalized spacial score (nSPS) is 24.3. The van der Waals surface area contributed by atoms with Crippen LogP contribution in [0.1, 0.15) is 41.5 Å². The molecule has 0 radical (unpaired) electrons. The zero-order valence-corrected chi connectivity index (χ0v) is 9.94. The average molecular weight is 181 g/mol. The van der Waals surface area contributed by atoms with Gasteiger partial charge in [0.05, 0.1) is 0 Å². The fourth-order valence-corrected chi connectivity index (χ4v) is 2.08. The van der Waals surface area contributed by atoms with E-state index in [-0.39, 0.29) is 0 Å². The van der Waals surface area contributed by atoms with Crippen LogP contribution in [0.15, 0.2) is 11.6 Å². The van der Waals surface area contributed by atoms with Gasteiger partial charge in [0, 0.05) is 18.6 Å². The second-order valence-corrected chi connectivity index (χ2v) is 6.01. The molecular weight excluding hydrogens is 158 g/mol. The smallest absolute Gasteiger partial charge is 0.0195 e. The topological polar surface area (TPSA) is 3.24 Å². The summed E-state index contributed by atoms with van der Waals surface area (Å²) in [4.78, 5) is 2.56. The number of rotatable bonds is 0. The van der Waals surface area contributed by atoms with Crippen LogP contribution in [0.2, 0.25) is 0 Å². The minimum Gasteiger partial charge on any atom is -0.294 e.